The molecule has 0 bridgehead atoms. The minimum atomic E-state index is -1.11. The van der Waals surface area contributed by atoms with Gasteiger partial charge in [0.1, 0.15) is 6.42 Å². The number of pyridine rings is 1. The SMILES string of the molecule is Cc1cc(-c2cccc(C(=O)CC(=O)O)c2)c(C)cn1. The van der Waals surface area contributed by atoms with E-state index in [0.717, 1.165) is 22.4 Å². The maximum atomic E-state index is 11.8. The first-order valence-electron chi connectivity index (χ1n) is 6.26. The summed E-state index contributed by atoms with van der Waals surface area (Å²) in [4.78, 5) is 26.6. The number of ketones is 1. The molecule has 0 unspecified atom stereocenters. The number of benzene rings is 1. The van der Waals surface area contributed by atoms with Gasteiger partial charge in [0.2, 0.25) is 0 Å². The first-order valence-corrected chi connectivity index (χ1v) is 6.26. The molecule has 4 nitrogen and oxygen atoms in total. The van der Waals surface area contributed by atoms with Gasteiger partial charge in [-0.1, -0.05) is 18.2 Å². The third-order valence-corrected chi connectivity index (χ3v) is 3.05. The Morgan fingerprint density at radius 3 is 2.65 bits per heavy atom. The van der Waals surface area contributed by atoms with Crippen LogP contribution in [0.4, 0.5) is 0 Å². The molecule has 0 aliphatic carbocycles. The predicted molar refractivity (Wildman–Crippen MR) is 75.7 cm³/mol. The molecule has 0 amide bonds. The van der Waals surface area contributed by atoms with Crippen LogP contribution in [0.3, 0.4) is 0 Å². The van der Waals surface area contributed by atoms with Crippen molar-refractivity contribution in [3.05, 3.63) is 53.3 Å². The normalized spacial score (nSPS) is 10.3. The summed E-state index contributed by atoms with van der Waals surface area (Å²) in [5.74, 6) is -1.50. The molecule has 2 aromatic rings. The average Bonchev–Trinajstić information content (AvgIpc) is 2.41. The van der Waals surface area contributed by atoms with E-state index in [4.69, 9.17) is 5.11 Å². The molecule has 1 aromatic heterocycles. The van der Waals surface area contributed by atoms with Gasteiger partial charge >= 0.3 is 5.97 Å². The lowest BCUT2D eigenvalue weighted by atomic mass is 9.98. The van der Waals surface area contributed by atoms with E-state index in [1.54, 1.807) is 24.4 Å². The average molecular weight is 269 g/mol. The topological polar surface area (TPSA) is 67.3 Å². The third-order valence-electron chi connectivity index (χ3n) is 3.05. The van der Waals surface area contributed by atoms with E-state index >= 15 is 0 Å². The summed E-state index contributed by atoms with van der Waals surface area (Å²) in [7, 11) is 0. The Morgan fingerprint density at radius 1 is 1.20 bits per heavy atom. The Morgan fingerprint density at radius 2 is 1.95 bits per heavy atom. The van der Waals surface area contributed by atoms with Crippen molar-refractivity contribution in [3.8, 4) is 11.1 Å². The molecule has 102 valence electrons. The predicted octanol–water partition coefficient (Wildman–Crippen LogP) is 3.02. The molecule has 0 spiro atoms. The molecule has 1 heterocycles. The van der Waals surface area contributed by atoms with E-state index in [1.807, 2.05) is 26.0 Å². The molecule has 0 saturated carbocycles. The molecule has 0 saturated heterocycles. The number of carboxylic acids is 1. The monoisotopic (exact) mass is 269 g/mol. The molecule has 1 aromatic carbocycles. The number of aromatic nitrogens is 1. The summed E-state index contributed by atoms with van der Waals surface area (Å²) in [6.07, 6.45) is 1.30. The highest BCUT2D eigenvalue weighted by atomic mass is 16.4. The Balaban J connectivity index is 2.41. The summed E-state index contributed by atoms with van der Waals surface area (Å²) in [5.41, 5.74) is 4.22. The molecule has 1 N–H and O–H groups in total. The molecule has 2 rings (SSSR count). The van der Waals surface area contributed by atoms with Gasteiger partial charge in [-0.25, -0.2) is 0 Å². The number of nitrogens with zero attached hydrogens (tertiary/aromatic N) is 1. The summed E-state index contributed by atoms with van der Waals surface area (Å²) >= 11 is 0. The van der Waals surface area contributed by atoms with Crippen LogP contribution in [0.15, 0.2) is 36.5 Å². The number of Topliss-reactive ketones (excluding diaryl/α,β-unsaturated/α-hetero) is 1. The van der Waals surface area contributed by atoms with E-state index < -0.39 is 12.4 Å². The van der Waals surface area contributed by atoms with Gasteiger partial charge in [-0.15, -0.1) is 0 Å². The van der Waals surface area contributed by atoms with Crippen LogP contribution in [0.2, 0.25) is 0 Å². The van der Waals surface area contributed by atoms with Crippen molar-refractivity contribution in [2.75, 3.05) is 0 Å². The van der Waals surface area contributed by atoms with Gasteiger partial charge < -0.3 is 5.11 Å². The zero-order valence-electron chi connectivity index (χ0n) is 11.4. The highest BCUT2D eigenvalue weighted by molar-refractivity contribution is 6.06. The molecule has 0 aliphatic rings. The number of carboxylic acid groups (broad SMARTS) is 1. The standard InChI is InChI=1S/C16H15NO3/c1-10-9-17-11(2)6-14(10)12-4-3-5-13(7-12)15(18)8-16(19)20/h3-7,9H,8H2,1-2H3,(H,19,20). The number of carbonyl (C=O) groups excluding carboxylic acids is 1. The zero-order valence-corrected chi connectivity index (χ0v) is 11.4. The van der Waals surface area contributed by atoms with Crippen molar-refractivity contribution in [2.45, 2.75) is 20.3 Å². The lowest BCUT2D eigenvalue weighted by Gasteiger charge is -2.08. The fraction of sp³-hybridized carbons (Fsp3) is 0.188. The van der Waals surface area contributed by atoms with Crippen molar-refractivity contribution in [3.63, 3.8) is 0 Å². The number of aryl methyl sites for hydroxylation is 2. The zero-order chi connectivity index (χ0) is 14.7. The van der Waals surface area contributed by atoms with Crippen molar-refractivity contribution >= 4 is 11.8 Å². The highest BCUT2D eigenvalue weighted by Crippen LogP contribution is 2.24. The smallest absolute Gasteiger partial charge is 0.311 e. The van der Waals surface area contributed by atoms with E-state index in [2.05, 4.69) is 4.98 Å². The van der Waals surface area contributed by atoms with Gasteiger partial charge in [0.25, 0.3) is 0 Å². The number of rotatable bonds is 4. The van der Waals surface area contributed by atoms with Gasteiger partial charge in [-0.3, -0.25) is 14.6 Å². The van der Waals surface area contributed by atoms with Crippen LogP contribution in [0.5, 0.6) is 0 Å². The van der Waals surface area contributed by atoms with Crippen LogP contribution in [0, 0.1) is 13.8 Å². The summed E-state index contributed by atoms with van der Waals surface area (Å²) in [6, 6.07) is 8.99. The minimum Gasteiger partial charge on any atom is -0.481 e. The van der Waals surface area contributed by atoms with Gasteiger partial charge in [0, 0.05) is 17.5 Å². The molecule has 4 heteroatoms. The lowest BCUT2D eigenvalue weighted by Crippen LogP contribution is -2.07. The first-order chi connectivity index (χ1) is 9.47. The Hall–Kier alpha value is -2.49. The molecule has 20 heavy (non-hydrogen) atoms. The number of hydrogen-bond acceptors (Lipinski definition) is 3. The largest absolute Gasteiger partial charge is 0.481 e. The van der Waals surface area contributed by atoms with Crippen molar-refractivity contribution < 1.29 is 14.7 Å². The Labute approximate surface area is 117 Å². The van der Waals surface area contributed by atoms with Gasteiger partial charge in [-0.2, -0.15) is 0 Å². The van der Waals surface area contributed by atoms with Gasteiger partial charge in [0.15, 0.2) is 5.78 Å². The van der Waals surface area contributed by atoms with E-state index in [-0.39, 0.29) is 5.78 Å². The van der Waals surface area contributed by atoms with Crippen LogP contribution in [-0.2, 0) is 4.79 Å². The second-order valence-corrected chi connectivity index (χ2v) is 4.72. The first kappa shape index (κ1) is 13.9. The van der Waals surface area contributed by atoms with Crippen molar-refractivity contribution in [1.29, 1.82) is 0 Å². The molecule has 0 aliphatic heterocycles. The van der Waals surface area contributed by atoms with Crippen molar-refractivity contribution in [1.82, 2.24) is 4.98 Å². The van der Waals surface area contributed by atoms with Crippen LogP contribution in [-0.4, -0.2) is 21.8 Å². The fourth-order valence-corrected chi connectivity index (χ4v) is 2.04. The van der Waals surface area contributed by atoms with Gasteiger partial charge in [0.05, 0.1) is 0 Å². The Kier molecular flexibility index (Phi) is 3.94. The molecule has 0 atom stereocenters. The second-order valence-electron chi connectivity index (χ2n) is 4.72. The minimum absolute atomic E-state index is 0.386. The van der Waals surface area contributed by atoms with Gasteiger partial charge in [-0.05, 0) is 42.7 Å². The summed E-state index contributed by atoms with van der Waals surface area (Å²) in [6.45, 7) is 3.86. The van der Waals surface area contributed by atoms with Crippen LogP contribution >= 0.6 is 0 Å². The van der Waals surface area contributed by atoms with E-state index in [1.165, 1.54) is 0 Å². The highest BCUT2D eigenvalue weighted by Gasteiger charge is 2.12. The van der Waals surface area contributed by atoms with E-state index in [0.29, 0.717) is 5.56 Å². The number of hydrogen-bond donors (Lipinski definition) is 1. The number of aliphatic carboxylic acids is 1. The maximum absolute atomic E-state index is 11.8. The Bertz CT molecular complexity index is 677. The third kappa shape index (κ3) is 3.09. The lowest BCUT2D eigenvalue weighted by molar-refractivity contribution is -0.135. The van der Waals surface area contributed by atoms with Crippen LogP contribution in [0.25, 0.3) is 11.1 Å². The van der Waals surface area contributed by atoms with Crippen LogP contribution in [0.1, 0.15) is 28.0 Å². The fourth-order valence-electron chi connectivity index (χ4n) is 2.04. The maximum Gasteiger partial charge on any atom is 0.311 e. The quantitative estimate of drug-likeness (QED) is 0.684. The summed E-state index contributed by atoms with van der Waals surface area (Å²) in [5, 5.41) is 8.68. The molecule has 0 fully saturated rings. The molecular formula is C16H15NO3. The number of carbonyl (C=O) groups is 2. The molecular weight excluding hydrogens is 254 g/mol. The second kappa shape index (κ2) is 5.65. The molecule has 0 radical (unpaired) electrons. The van der Waals surface area contributed by atoms with Crippen molar-refractivity contribution in [2.24, 2.45) is 0 Å². The van der Waals surface area contributed by atoms with E-state index in [9.17, 15) is 9.59 Å². The van der Waals surface area contributed by atoms with Crippen LogP contribution < -0.4 is 0 Å². The summed E-state index contributed by atoms with van der Waals surface area (Å²) < 4.78 is 0.